The van der Waals surface area contributed by atoms with Crippen LogP contribution < -0.4 is 5.32 Å². The SMILES string of the molecule is O=C(NC1CCCCCCC1)c1cc2cc(F)ccc2[nH]1. The number of amides is 1. The van der Waals surface area contributed by atoms with E-state index in [-0.39, 0.29) is 17.8 Å². The highest BCUT2D eigenvalue weighted by Gasteiger charge is 2.16. The molecule has 4 heteroatoms. The van der Waals surface area contributed by atoms with Crippen LogP contribution in [-0.2, 0) is 0 Å². The van der Waals surface area contributed by atoms with Gasteiger partial charge in [0.15, 0.2) is 0 Å². The summed E-state index contributed by atoms with van der Waals surface area (Å²) in [5, 5.41) is 3.85. The first-order chi connectivity index (χ1) is 10.2. The Morgan fingerprint density at radius 2 is 1.81 bits per heavy atom. The number of benzene rings is 1. The van der Waals surface area contributed by atoms with Crippen molar-refractivity contribution in [2.45, 2.75) is 51.0 Å². The molecule has 0 atom stereocenters. The molecule has 1 aromatic heterocycles. The summed E-state index contributed by atoms with van der Waals surface area (Å²) in [4.78, 5) is 15.4. The van der Waals surface area contributed by atoms with Gasteiger partial charge in [-0.2, -0.15) is 0 Å². The van der Waals surface area contributed by atoms with E-state index in [4.69, 9.17) is 0 Å². The number of halogens is 1. The fraction of sp³-hybridized carbons (Fsp3) is 0.471. The summed E-state index contributed by atoms with van der Waals surface area (Å²) in [5.41, 5.74) is 1.30. The van der Waals surface area contributed by atoms with E-state index in [1.54, 1.807) is 12.1 Å². The number of aromatic amines is 1. The third-order valence-corrected chi connectivity index (χ3v) is 4.27. The maximum Gasteiger partial charge on any atom is 0.267 e. The third kappa shape index (κ3) is 3.43. The molecule has 1 amide bonds. The second-order valence-corrected chi connectivity index (χ2v) is 5.93. The number of aromatic nitrogens is 1. The van der Waals surface area contributed by atoms with Gasteiger partial charge in [-0.05, 0) is 37.1 Å². The maximum atomic E-state index is 13.2. The van der Waals surface area contributed by atoms with Crippen molar-refractivity contribution < 1.29 is 9.18 Å². The molecular weight excluding hydrogens is 267 g/mol. The van der Waals surface area contributed by atoms with Gasteiger partial charge in [0.1, 0.15) is 11.5 Å². The van der Waals surface area contributed by atoms with E-state index in [0.717, 1.165) is 23.7 Å². The third-order valence-electron chi connectivity index (χ3n) is 4.27. The lowest BCUT2D eigenvalue weighted by Crippen LogP contribution is -2.35. The Morgan fingerprint density at radius 3 is 2.57 bits per heavy atom. The number of hydrogen-bond donors (Lipinski definition) is 2. The van der Waals surface area contributed by atoms with Gasteiger partial charge in [0.2, 0.25) is 0 Å². The van der Waals surface area contributed by atoms with Crippen molar-refractivity contribution in [3.63, 3.8) is 0 Å². The number of hydrogen-bond acceptors (Lipinski definition) is 1. The number of carbonyl (C=O) groups excluding carboxylic acids is 1. The van der Waals surface area contributed by atoms with Crippen molar-refractivity contribution in [2.75, 3.05) is 0 Å². The zero-order valence-corrected chi connectivity index (χ0v) is 12.1. The molecule has 1 fully saturated rings. The predicted molar refractivity (Wildman–Crippen MR) is 81.8 cm³/mol. The van der Waals surface area contributed by atoms with Crippen LogP contribution in [0.1, 0.15) is 55.4 Å². The largest absolute Gasteiger partial charge is 0.351 e. The highest BCUT2D eigenvalue weighted by molar-refractivity contribution is 5.98. The number of H-pyrrole nitrogens is 1. The summed E-state index contributed by atoms with van der Waals surface area (Å²) in [6.07, 6.45) is 8.32. The van der Waals surface area contributed by atoms with Gasteiger partial charge >= 0.3 is 0 Å². The van der Waals surface area contributed by atoms with Crippen LogP contribution in [0, 0.1) is 5.82 Å². The molecular formula is C17H21FN2O. The van der Waals surface area contributed by atoms with Gasteiger partial charge in [0, 0.05) is 16.9 Å². The molecule has 0 saturated heterocycles. The average Bonchev–Trinajstić information content (AvgIpc) is 2.84. The lowest BCUT2D eigenvalue weighted by Gasteiger charge is -2.20. The van der Waals surface area contributed by atoms with Gasteiger partial charge in [-0.3, -0.25) is 4.79 Å². The van der Waals surface area contributed by atoms with Crippen molar-refractivity contribution in [2.24, 2.45) is 0 Å². The molecule has 1 aromatic carbocycles. The second-order valence-electron chi connectivity index (χ2n) is 5.93. The van der Waals surface area contributed by atoms with Crippen LogP contribution in [0.3, 0.4) is 0 Å². The molecule has 0 spiro atoms. The molecule has 0 aliphatic heterocycles. The number of carbonyl (C=O) groups is 1. The molecule has 3 rings (SSSR count). The summed E-state index contributed by atoms with van der Waals surface area (Å²) in [6, 6.07) is 6.49. The first-order valence-corrected chi connectivity index (χ1v) is 7.81. The summed E-state index contributed by atoms with van der Waals surface area (Å²) >= 11 is 0. The molecule has 21 heavy (non-hydrogen) atoms. The Bertz CT molecular complexity index is 627. The number of rotatable bonds is 2. The molecule has 0 unspecified atom stereocenters. The molecule has 1 saturated carbocycles. The van der Waals surface area contributed by atoms with Crippen molar-refractivity contribution >= 4 is 16.8 Å². The summed E-state index contributed by atoms with van der Waals surface area (Å²) < 4.78 is 13.2. The Kier molecular flexibility index (Phi) is 4.23. The van der Waals surface area contributed by atoms with Crippen LogP contribution in [0.2, 0.25) is 0 Å². The molecule has 1 heterocycles. The van der Waals surface area contributed by atoms with Crippen molar-refractivity contribution in [3.05, 3.63) is 35.8 Å². The Balaban J connectivity index is 1.70. The second kappa shape index (κ2) is 6.29. The molecule has 112 valence electrons. The summed E-state index contributed by atoms with van der Waals surface area (Å²) in [5.74, 6) is -0.370. The van der Waals surface area contributed by atoms with Crippen LogP contribution in [0.15, 0.2) is 24.3 Å². The zero-order valence-electron chi connectivity index (χ0n) is 12.1. The summed E-state index contributed by atoms with van der Waals surface area (Å²) in [7, 11) is 0. The normalized spacial score (nSPS) is 17.4. The Hall–Kier alpha value is -1.84. The van der Waals surface area contributed by atoms with Crippen LogP contribution >= 0.6 is 0 Å². The van der Waals surface area contributed by atoms with E-state index in [0.29, 0.717) is 5.69 Å². The lowest BCUT2D eigenvalue weighted by molar-refractivity contribution is 0.0926. The number of fused-ring (bicyclic) bond motifs is 1. The van der Waals surface area contributed by atoms with Gasteiger partial charge in [-0.15, -0.1) is 0 Å². The standard InChI is InChI=1S/C17H21FN2O/c18-13-8-9-15-12(10-13)11-16(20-15)17(21)19-14-6-4-2-1-3-5-7-14/h8-11,14,20H,1-7H2,(H,19,21). The molecule has 2 N–H and O–H groups in total. The van der Waals surface area contributed by atoms with Crippen molar-refractivity contribution in [1.29, 1.82) is 0 Å². The van der Waals surface area contributed by atoms with Gasteiger partial charge in [0.25, 0.3) is 5.91 Å². The highest BCUT2D eigenvalue weighted by atomic mass is 19.1. The quantitative estimate of drug-likeness (QED) is 0.856. The van der Waals surface area contributed by atoms with Gasteiger partial charge in [-0.1, -0.05) is 32.1 Å². The predicted octanol–water partition coefficient (Wildman–Crippen LogP) is 4.15. The van der Waals surface area contributed by atoms with Gasteiger partial charge < -0.3 is 10.3 Å². The number of nitrogens with one attached hydrogen (secondary N) is 2. The van der Waals surface area contributed by atoms with E-state index in [9.17, 15) is 9.18 Å². The monoisotopic (exact) mass is 288 g/mol. The molecule has 3 nitrogen and oxygen atoms in total. The van der Waals surface area contributed by atoms with Crippen LogP contribution in [0.5, 0.6) is 0 Å². The van der Waals surface area contributed by atoms with Crippen molar-refractivity contribution in [3.8, 4) is 0 Å². The van der Waals surface area contributed by atoms with E-state index in [1.807, 2.05) is 0 Å². The summed E-state index contributed by atoms with van der Waals surface area (Å²) in [6.45, 7) is 0. The topological polar surface area (TPSA) is 44.9 Å². The minimum Gasteiger partial charge on any atom is -0.351 e. The molecule has 0 radical (unpaired) electrons. The first-order valence-electron chi connectivity index (χ1n) is 7.81. The molecule has 1 aliphatic rings. The van der Waals surface area contributed by atoms with Gasteiger partial charge in [-0.25, -0.2) is 4.39 Å². The van der Waals surface area contributed by atoms with Crippen LogP contribution in [0.25, 0.3) is 10.9 Å². The van der Waals surface area contributed by atoms with Crippen molar-refractivity contribution in [1.82, 2.24) is 10.3 Å². The average molecular weight is 288 g/mol. The minimum absolute atomic E-state index is 0.0859. The zero-order chi connectivity index (χ0) is 14.7. The fourth-order valence-corrected chi connectivity index (χ4v) is 3.09. The smallest absolute Gasteiger partial charge is 0.267 e. The molecule has 0 bridgehead atoms. The molecule has 2 aromatic rings. The van der Waals surface area contributed by atoms with Gasteiger partial charge in [0.05, 0.1) is 0 Å². The van der Waals surface area contributed by atoms with E-state index < -0.39 is 0 Å². The van der Waals surface area contributed by atoms with E-state index in [1.165, 1.54) is 44.2 Å². The minimum atomic E-state index is -0.284. The lowest BCUT2D eigenvalue weighted by atomic mass is 9.96. The van der Waals surface area contributed by atoms with Crippen LogP contribution in [-0.4, -0.2) is 16.9 Å². The first kappa shape index (κ1) is 14.1. The highest BCUT2D eigenvalue weighted by Crippen LogP contribution is 2.19. The fourth-order valence-electron chi connectivity index (χ4n) is 3.09. The van der Waals surface area contributed by atoms with E-state index in [2.05, 4.69) is 10.3 Å². The van der Waals surface area contributed by atoms with E-state index >= 15 is 0 Å². The maximum absolute atomic E-state index is 13.2. The van der Waals surface area contributed by atoms with Crippen LogP contribution in [0.4, 0.5) is 4.39 Å². The molecule has 1 aliphatic carbocycles. The Morgan fingerprint density at radius 1 is 1.10 bits per heavy atom. The Labute approximate surface area is 123 Å².